The quantitative estimate of drug-likeness (QED) is 0.723. The predicted molar refractivity (Wildman–Crippen MR) is 62.2 cm³/mol. The van der Waals surface area contributed by atoms with Gasteiger partial charge in [0.2, 0.25) is 10.0 Å². The van der Waals surface area contributed by atoms with E-state index in [9.17, 15) is 8.42 Å². The highest BCUT2D eigenvalue weighted by atomic mass is 32.2. The fourth-order valence-electron chi connectivity index (χ4n) is 1.88. The smallest absolute Gasteiger partial charge is 0.225 e. The molecule has 0 aromatic carbocycles. The molecular formula is C10H19N3O2S. The Morgan fingerprint density at radius 3 is 2.62 bits per heavy atom. The number of likely N-dealkylation sites (tertiary alicyclic amines) is 1. The molecule has 0 radical (unpaired) electrons. The van der Waals surface area contributed by atoms with Gasteiger partial charge in [-0.2, -0.15) is 5.26 Å². The van der Waals surface area contributed by atoms with Gasteiger partial charge in [-0.15, -0.1) is 0 Å². The number of sulfonamides is 1. The van der Waals surface area contributed by atoms with Crippen LogP contribution >= 0.6 is 0 Å². The summed E-state index contributed by atoms with van der Waals surface area (Å²) in [5, 5.41) is 8.32. The lowest BCUT2D eigenvalue weighted by atomic mass is 10.2. The number of nitriles is 1. The second-order valence-corrected chi connectivity index (χ2v) is 6.19. The first kappa shape index (κ1) is 13.4. The van der Waals surface area contributed by atoms with Crippen molar-refractivity contribution in [3.63, 3.8) is 0 Å². The predicted octanol–water partition coefficient (Wildman–Crippen LogP) is 0.161. The molecule has 1 rings (SSSR count). The summed E-state index contributed by atoms with van der Waals surface area (Å²) in [4.78, 5) is 2.35. The zero-order valence-electron chi connectivity index (χ0n) is 9.65. The summed E-state index contributed by atoms with van der Waals surface area (Å²) in [7, 11) is -3.39. The lowest BCUT2D eigenvalue weighted by molar-refractivity contribution is 0.288. The Morgan fingerprint density at radius 2 is 2.06 bits per heavy atom. The molecule has 1 saturated heterocycles. The van der Waals surface area contributed by atoms with Crippen molar-refractivity contribution < 1.29 is 8.42 Å². The van der Waals surface area contributed by atoms with Crippen molar-refractivity contribution in [1.82, 2.24) is 9.62 Å². The minimum atomic E-state index is -3.39. The van der Waals surface area contributed by atoms with Crippen LogP contribution in [0.3, 0.4) is 0 Å². The maximum Gasteiger partial charge on any atom is 0.225 e. The molecule has 0 aromatic rings. The highest BCUT2D eigenvalue weighted by Gasteiger charge is 2.16. The van der Waals surface area contributed by atoms with Crippen molar-refractivity contribution in [3.05, 3.63) is 0 Å². The maximum absolute atomic E-state index is 11.2. The summed E-state index contributed by atoms with van der Waals surface area (Å²) < 4.78 is 24.9. The van der Waals surface area contributed by atoms with Crippen molar-refractivity contribution >= 4 is 10.0 Å². The molecule has 0 saturated carbocycles. The molecule has 0 spiro atoms. The SMILES string of the molecule is CC(CNS(=O)(=O)CC#N)CN1CCCC1. The molecule has 1 aliphatic heterocycles. The highest BCUT2D eigenvalue weighted by Crippen LogP contribution is 2.09. The molecule has 1 N–H and O–H groups in total. The zero-order chi connectivity index (χ0) is 12.0. The third kappa shape index (κ3) is 4.92. The first-order chi connectivity index (χ1) is 7.53. The van der Waals surface area contributed by atoms with Gasteiger partial charge in [-0.05, 0) is 31.8 Å². The number of rotatable bonds is 6. The molecule has 92 valence electrons. The largest absolute Gasteiger partial charge is 0.303 e. The van der Waals surface area contributed by atoms with Crippen molar-refractivity contribution in [2.24, 2.45) is 5.92 Å². The fraction of sp³-hybridized carbons (Fsp3) is 0.900. The van der Waals surface area contributed by atoms with Gasteiger partial charge in [0.25, 0.3) is 0 Å². The van der Waals surface area contributed by atoms with E-state index in [1.165, 1.54) is 12.8 Å². The van der Waals surface area contributed by atoms with Crippen LogP contribution in [-0.2, 0) is 10.0 Å². The standard InChI is InChI=1S/C10H19N3O2S/c1-10(9-13-5-2-3-6-13)8-12-16(14,15)7-4-11/h10,12H,2-3,5-9H2,1H3. The summed E-state index contributed by atoms with van der Waals surface area (Å²) in [6, 6.07) is 1.64. The van der Waals surface area contributed by atoms with Gasteiger partial charge >= 0.3 is 0 Å². The molecule has 0 aromatic heterocycles. The summed E-state index contributed by atoms with van der Waals surface area (Å²) in [6.07, 6.45) is 2.49. The molecule has 16 heavy (non-hydrogen) atoms. The second kappa shape index (κ2) is 6.18. The Morgan fingerprint density at radius 1 is 1.44 bits per heavy atom. The van der Waals surface area contributed by atoms with Gasteiger partial charge in [-0.25, -0.2) is 13.1 Å². The molecule has 0 aliphatic carbocycles. The van der Waals surface area contributed by atoms with Crippen molar-refractivity contribution in [2.75, 3.05) is 31.9 Å². The Balaban J connectivity index is 2.24. The van der Waals surface area contributed by atoms with Gasteiger partial charge in [0.05, 0.1) is 6.07 Å². The van der Waals surface area contributed by atoms with Crippen LogP contribution in [0, 0.1) is 17.2 Å². The number of nitrogens with one attached hydrogen (secondary N) is 1. The van der Waals surface area contributed by atoms with Crippen molar-refractivity contribution in [2.45, 2.75) is 19.8 Å². The Bertz CT molecular complexity index is 342. The Kier molecular flexibility index (Phi) is 5.19. The van der Waals surface area contributed by atoms with Crippen LogP contribution in [0.5, 0.6) is 0 Å². The van der Waals surface area contributed by atoms with Crippen molar-refractivity contribution in [1.29, 1.82) is 5.26 Å². The summed E-state index contributed by atoms with van der Waals surface area (Å²) in [5.41, 5.74) is 0. The topological polar surface area (TPSA) is 73.2 Å². The minimum Gasteiger partial charge on any atom is -0.303 e. The molecule has 0 bridgehead atoms. The Hall–Kier alpha value is -0.640. The van der Waals surface area contributed by atoms with E-state index < -0.39 is 15.8 Å². The summed E-state index contributed by atoms with van der Waals surface area (Å²) >= 11 is 0. The number of hydrogen-bond donors (Lipinski definition) is 1. The van der Waals surface area contributed by atoms with E-state index in [1.54, 1.807) is 6.07 Å². The average Bonchev–Trinajstić information content (AvgIpc) is 2.68. The molecule has 6 heteroatoms. The van der Waals surface area contributed by atoms with Gasteiger partial charge in [-0.3, -0.25) is 0 Å². The first-order valence-corrected chi connectivity index (χ1v) is 7.25. The maximum atomic E-state index is 11.2. The van der Waals surface area contributed by atoms with Gasteiger partial charge in [0.15, 0.2) is 5.75 Å². The van der Waals surface area contributed by atoms with Crippen LogP contribution in [0.1, 0.15) is 19.8 Å². The first-order valence-electron chi connectivity index (χ1n) is 5.60. The van der Waals surface area contributed by atoms with E-state index in [2.05, 4.69) is 9.62 Å². The number of hydrogen-bond acceptors (Lipinski definition) is 4. The molecular weight excluding hydrogens is 226 g/mol. The van der Waals surface area contributed by atoms with Crippen molar-refractivity contribution in [3.8, 4) is 6.07 Å². The second-order valence-electron chi connectivity index (χ2n) is 4.38. The Labute approximate surface area is 97.5 Å². The minimum absolute atomic E-state index is 0.284. The third-order valence-electron chi connectivity index (χ3n) is 2.67. The fourth-order valence-corrected chi connectivity index (χ4v) is 2.69. The molecule has 1 heterocycles. The molecule has 1 fully saturated rings. The molecule has 1 unspecified atom stereocenters. The lowest BCUT2D eigenvalue weighted by Gasteiger charge is -2.20. The van der Waals surface area contributed by atoms with E-state index in [0.29, 0.717) is 6.54 Å². The lowest BCUT2D eigenvalue weighted by Crippen LogP contribution is -2.35. The van der Waals surface area contributed by atoms with E-state index in [1.807, 2.05) is 6.92 Å². The summed E-state index contributed by atoms with van der Waals surface area (Å²) in [6.45, 7) is 5.60. The van der Waals surface area contributed by atoms with Crippen LogP contribution in [-0.4, -0.2) is 45.2 Å². The highest BCUT2D eigenvalue weighted by molar-refractivity contribution is 7.89. The van der Waals surface area contributed by atoms with Crippen LogP contribution in [0.2, 0.25) is 0 Å². The van der Waals surface area contributed by atoms with E-state index >= 15 is 0 Å². The molecule has 1 aliphatic rings. The van der Waals surface area contributed by atoms with Crippen LogP contribution in [0.4, 0.5) is 0 Å². The molecule has 0 amide bonds. The van der Waals surface area contributed by atoms with Crippen LogP contribution in [0.25, 0.3) is 0 Å². The average molecular weight is 245 g/mol. The zero-order valence-corrected chi connectivity index (χ0v) is 10.5. The number of nitrogens with zero attached hydrogens (tertiary/aromatic N) is 2. The van der Waals surface area contributed by atoms with Gasteiger partial charge in [0.1, 0.15) is 0 Å². The van der Waals surface area contributed by atoms with Gasteiger partial charge < -0.3 is 4.90 Å². The normalized spacial score (nSPS) is 19.5. The van der Waals surface area contributed by atoms with E-state index in [-0.39, 0.29) is 5.92 Å². The molecule has 1 atom stereocenters. The monoisotopic (exact) mass is 245 g/mol. The van der Waals surface area contributed by atoms with E-state index in [4.69, 9.17) is 5.26 Å². The van der Waals surface area contributed by atoms with Gasteiger partial charge in [0, 0.05) is 13.1 Å². The summed E-state index contributed by atoms with van der Waals surface area (Å²) in [5.74, 6) is -0.171. The van der Waals surface area contributed by atoms with E-state index in [0.717, 1.165) is 19.6 Å². The molecule has 5 nitrogen and oxygen atoms in total. The third-order valence-corrected chi connectivity index (χ3v) is 3.79. The van der Waals surface area contributed by atoms with Gasteiger partial charge in [-0.1, -0.05) is 6.92 Å². The van der Waals surface area contributed by atoms with Crippen LogP contribution in [0.15, 0.2) is 0 Å². The van der Waals surface area contributed by atoms with Crippen LogP contribution < -0.4 is 4.72 Å².